The van der Waals surface area contributed by atoms with Crippen molar-refractivity contribution in [1.29, 1.82) is 0 Å². The molecule has 0 aliphatic heterocycles. The zero-order valence-corrected chi connectivity index (χ0v) is 13.3. The van der Waals surface area contributed by atoms with E-state index in [-0.39, 0.29) is 11.5 Å². The molecule has 25 heavy (non-hydrogen) atoms. The van der Waals surface area contributed by atoms with E-state index >= 15 is 0 Å². The van der Waals surface area contributed by atoms with Gasteiger partial charge in [0, 0.05) is 0 Å². The predicted octanol–water partition coefficient (Wildman–Crippen LogP) is 4.05. The summed E-state index contributed by atoms with van der Waals surface area (Å²) >= 11 is 0. The summed E-state index contributed by atoms with van der Waals surface area (Å²) in [5.74, 6) is 5.44. The second-order valence-electron chi connectivity index (χ2n) is 6.34. The van der Waals surface area contributed by atoms with Gasteiger partial charge in [-0.3, -0.25) is 0 Å². The summed E-state index contributed by atoms with van der Waals surface area (Å²) in [5.41, 5.74) is -0.534. The van der Waals surface area contributed by atoms with Crippen LogP contribution in [0.15, 0.2) is 54.6 Å². The maximum absolute atomic E-state index is 12.5. The molecular weight excluding hydrogens is 329 g/mol. The Hall–Kier alpha value is -2.29. The monoisotopic (exact) mass is 346 g/mol. The lowest BCUT2D eigenvalue weighted by atomic mass is 9.68. The van der Waals surface area contributed by atoms with E-state index in [1.54, 1.807) is 0 Å². The van der Waals surface area contributed by atoms with Crippen LogP contribution in [0.3, 0.4) is 0 Å². The van der Waals surface area contributed by atoms with Crippen LogP contribution in [0.4, 0.5) is 13.2 Å². The first-order valence-corrected chi connectivity index (χ1v) is 7.92. The van der Waals surface area contributed by atoms with Gasteiger partial charge >= 0.3 is 6.18 Å². The molecule has 0 bridgehead atoms. The van der Waals surface area contributed by atoms with Crippen LogP contribution in [-0.2, 0) is 6.18 Å². The van der Waals surface area contributed by atoms with Gasteiger partial charge in [-0.15, -0.1) is 0 Å². The van der Waals surface area contributed by atoms with Crippen LogP contribution in [0.5, 0.6) is 0 Å². The fraction of sp³-hybridized carbons (Fsp3) is 0.300. The highest BCUT2D eigenvalue weighted by Crippen LogP contribution is 2.44. The molecule has 3 rings (SSSR count). The number of hydrogen-bond donors (Lipinski definition) is 2. The Balaban J connectivity index is 1.63. The van der Waals surface area contributed by atoms with E-state index in [0.717, 1.165) is 17.7 Å². The lowest BCUT2D eigenvalue weighted by Crippen LogP contribution is -2.41. The highest BCUT2D eigenvalue weighted by Gasteiger charge is 2.42. The first-order valence-electron chi connectivity index (χ1n) is 7.92. The number of hydrogen-bond acceptors (Lipinski definition) is 2. The van der Waals surface area contributed by atoms with Crippen LogP contribution < -0.4 is 0 Å². The highest BCUT2D eigenvalue weighted by molar-refractivity contribution is 5.34. The Morgan fingerprint density at radius 3 is 2.16 bits per heavy atom. The van der Waals surface area contributed by atoms with Crippen molar-refractivity contribution in [3.63, 3.8) is 0 Å². The van der Waals surface area contributed by atoms with E-state index in [4.69, 9.17) is 0 Å². The molecule has 130 valence electrons. The van der Waals surface area contributed by atoms with E-state index in [9.17, 15) is 23.4 Å². The fourth-order valence-electron chi connectivity index (χ4n) is 2.96. The maximum Gasteiger partial charge on any atom is 0.416 e. The number of aliphatic hydroxyl groups excluding tert-OH is 1. The van der Waals surface area contributed by atoms with Gasteiger partial charge in [0.25, 0.3) is 0 Å². The van der Waals surface area contributed by atoms with Crippen LogP contribution in [0.2, 0.25) is 0 Å². The minimum absolute atomic E-state index is 0.226. The Bertz CT molecular complexity index is 780. The summed E-state index contributed by atoms with van der Waals surface area (Å²) in [6.07, 6.45) is -4.70. The minimum Gasteiger partial charge on any atom is -0.378 e. The SMILES string of the molecule is OC(C#CC1(O)CC(c2ccccc2)C1)c1ccc(C(F)(F)F)cc1. The van der Waals surface area contributed by atoms with Crippen molar-refractivity contribution in [1.82, 2.24) is 0 Å². The first-order chi connectivity index (χ1) is 11.8. The quantitative estimate of drug-likeness (QED) is 0.806. The molecule has 0 amide bonds. The zero-order valence-electron chi connectivity index (χ0n) is 13.3. The summed E-state index contributed by atoms with van der Waals surface area (Å²) in [6, 6.07) is 14.0. The van der Waals surface area contributed by atoms with Crippen LogP contribution in [-0.4, -0.2) is 15.8 Å². The molecule has 2 aromatic rings. The van der Waals surface area contributed by atoms with Gasteiger partial charge in [-0.2, -0.15) is 13.2 Å². The van der Waals surface area contributed by atoms with Crippen LogP contribution in [0, 0.1) is 11.8 Å². The van der Waals surface area contributed by atoms with Crippen molar-refractivity contribution >= 4 is 0 Å². The summed E-state index contributed by atoms with van der Waals surface area (Å²) in [4.78, 5) is 0. The van der Waals surface area contributed by atoms with Gasteiger partial charge in [0.15, 0.2) is 0 Å². The number of benzene rings is 2. The Morgan fingerprint density at radius 1 is 1.00 bits per heavy atom. The predicted molar refractivity (Wildman–Crippen MR) is 87.5 cm³/mol. The third kappa shape index (κ3) is 4.04. The van der Waals surface area contributed by atoms with E-state index < -0.39 is 23.4 Å². The van der Waals surface area contributed by atoms with Gasteiger partial charge in [-0.1, -0.05) is 54.3 Å². The summed E-state index contributed by atoms with van der Waals surface area (Å²) in [5, 5.41) is 20.4. The average molecular weight is 346 g/mol. The maximum atomic E-state index is 12.5. The summed E-state index contributed by atoms with van der Waals surface area (Å²) in [6.45, 7) is 0. The van der Waals surface area contributed by atoms with Crippen LogP contribution in [0.1, 0.15) is 41.6 Å². The first kappa shape index (κ1) is 17.5. The number of alkyl halides is 3. The molecule has 1 unspecified atom stereocenters. The van der Waals surface area contributed by atoms with Crippen LogP contribution >= 0.6 is 0 Å². The molecule has 0 heterocycles. The molecule has 0 saturated heterocycles. The largest absolute Gasteiger partial charge is 0.416 e. The number of rotatable bonds is 2. The van der Waals surface area contributed by atoms with Crippen molar-refractivity contribution in [3.8, 4) is 11.8 Å². The molecule has 0 aromatic heterocycles. The second kappa shape index (κ2) is 6.55. The van der Waals surface area contributed by atoms with E-state index in [2.05, 4.69) is 11.8 Å². The molecule has 0 radical (unpaired) electrons. The topological polar surface area (TPSA) is 40.5 Å². The van der Waals surface area contributed by atoms with Gasteiger partial charge in [-0.05, 0) is 42.0 Å². The lowest BCUT2D eigenvalue weighted by molar-refractivity contribution is -0.137. The third-order valence-electron chi connectivity index (χ3n) is 4.43. The molecule has 1 atom stereocenters. The standard InChI is InChI=1S/C20H17F3O2/c21-20(22,23)17-8-6-15(7-9-17)18(24)10-11-19(25)12-16(13-19)14-4-2-1-3-5-14/h1-9,16,18,24-25H,12-13H2. The van der Waals surface area contributed by atoms with E-state index in [1.807, 2.05) is 30.3 Å². The normalized spacial score (nSPS) is 24.0. The van der Waals surface area contributed by atoms with Crippen molar-refractivity contribution in [3.05, 3.63) is 71.3 Å². The number of halogens is 3. The molecule has 1 fully saturated rings. The van der Waals surface area contributed by atoms with Gasteiger partial charge in [0.1, 0.15) is 11.7 Å². The van der Waals surface area contributed by atoms with E-state index in [0.29, 0.717) is 12.8 Å². The van der Waals surface area contributed by atoms with Crippen LogP contribution in [0.25, 0.3) is 0 Å². The Morgan fingerprint density at radius 2 is 1.60 bits per heavy atom. The molecule has 2 aromatic carbocycles. The van der Waals surface area contributed by atoms with Crippen molar-refractivity contribution < 1.29 is 23.4 Å². The van der Waals surface area contributed by atoms with Gasteiger partial charge in [0.05, 0.1) is 5.56 Å². The van der Waals surface area contributed by atoms with Gasteiger partial charge < -0.3 is 10.2 Å². The smallest absolute Gasteiger partial charge is 0.378 e. The average Bonchev–Trinajstić information content (AvgIpc) is 2.57. The molecule has 1 aliphatic carbocycles. The lowest BCUT2D eigenvalue weighted by Gasteiger charge is -2.40. The molecule has 5 heteroatoms. The molecule has 0 spiro atoms. The van der Waals surface area contributed by atoms with Crippen molar-refractivity contribution in [2.24, 2.45) is 0 Å². The molecule has 1 aliphatic rings. The molecule has 2 nitrogen and oxygen atoms in total. The van der Waals surface area contributed by atoms with Gasteiger partial charge in [-0.25, -0.2) is 0 Å². The minimum atomic E-state index is -4.41. The van der Waals surface area contributed by atoms with Crippen molar-refractivity contribution in [2.45, 2.75) is 36.6 Å². The van der Waals surface area contributed by atoms with E-state index in [1.165, 1.54) is 12.1 Å². The summed E-state index contributed by atoms with van der Waals surface area (Å²) < 4.78 is 37.6. The van der Waals surface area contributed by atoms with Gasteiger partial charge in [0.2, 0.25) is 0 Å². The molecule has 1 saturated carbocycles. The highest BCUT2D eigenvalue weighted by atomic mass is 19.4. The second-order valence-corrected chi connectivity index (χ2v) is 6.34. The summed E-state index contributed by atoms with van der Waals surface area (Å²) in [7, 11) is 0. The van der Waals surface area contributed by atoms with Crippen molar-refractivity contribution in [2.75, 3.05) is 0 Å². The molecular formula is C20H17F3O2. The fourth-order valence-corrected chi connectivity index (χ4v) is 2.96. The Labute approximate surface area is 143 Å². The number of aliphatic hydroxyl groups is 2. The zero-order chi connectivity index (χ0) is 18.1. The molecule has 2 N–H and O–H groups in total. The Kier molecular flexibility index (Phi) is 4.59. The third-order valence-corrected chi connectivity index (χ3v) is 4.43.